The van der Waals surface area contributed by atoms with E-state index in [9.17, 15) is 4.79 Å². The van der Waals surface area contributed by atoms with Gasteiger partial charge in [0.05, 0.1) is 5.02 Å². The number of ketones is 1. The highest BCUT2D eigenvalue weighted by Crippen LogP contribution is 2.18. The Balaban J connectivity index is 2.28. The second-order valence-corrected chi connectivity index (χ2v) is 4.92. The number of hydrogen-bond acceptors (Lipinski definition) is 2. The quantitative estimate of drug-likeness (QED) is 0.789. The average Bonchev–Trinajstić information content (AvgIpc) is 2.31. The summed E-state index contributed by atoms with van der Waals surface area (Å²) in [5.74, 6) is 0.00261. The summed E-state index contributed by atoms with van der Waals surface area (Å²) < 4.78 is 0. The third-order valence-corrected chi connectivity index (χ3v) is 2.98. The van der Waals surface area contributed by atoms with Crippen molar-refractivity contribution in [3.05, 3.63) is 63.4 Å². The summed E-state index contributed by atoms with van der Waals surface area (Å²) in [4.78, 5) is 15.6. The molecule has 0 spiro atoms. The zero-order valence-corrected chi connectivity index (χ0v) is 11.3. The fourth-order valence-electron chi connectivity index (χ4n) is 1.68. The van der Waals surface area contributed by atoms with Crippen LogP contribution in [0.2, 0.25) is 10.0 Å². The minimum Gasteiger partial charge on any atom is -0.295 e. The molecule has 0 unspecified atom stereocenters. The van der Waals surface area contributed by atoms with Crippen molar-refractivity contribution in [1.82, 2.24) is 4.98 Å². The van der Waals surface area contributed by atoms with Gasteiger partial charge in [-0.3, -0.25) is 9.78 Å². The van der Waals surface area contributed by atoms with Crippen LogP contribution in [0.1, 0.15) is 28.5 Å². The molecule has 0 radical (unpaired) electrons. The lowest BCUT2D eigenvalue weighted by molar-refractivity contribution is 0.101. The van der Waals surface area contributed by atoms with E-state index in [1.807, 2.05) is 18.2 Å². The third kappa shape index (κ3) is 3.31. The minimum atomic E-state index is 0.00261. The van der Waals surface area contributed by atoms with Gasteiger partial charge in [-0.15, -0.1) is 0 Å². The topological polar surface area (TPSA) is 30.0 Å². The van der Waals surface area contributed by atoms with Gasteiger partial charge in [-0.05, 0) is 42.8 Å². The summed E-state index contributed by atoms with van der Waals surface area (Å²) in [5.41, 5.74) is 2.46. The summed E-state index contributed by atoms with van der Waals surface area (Å²) in [5, 5.41) is 1.17. The largest absolute Gasteiger partial charge is 0.295 e. The number of carbonyl (C=O) groups is 1. The van der Waals surface area contributed by atoms with Gasteiger partial charge in [0.15, 0.2) is 5.78 Å². The second-order valence-electron chi connectivity index (χ2n) is 4.05. The van der Waals surface area contributed by atoms with Crippen LogP contribution in [0.25, 0.3) is 0 Å². The van der Waals surface area contributed by atoms with Crippen LogP contribution in [0.5, 0.6) is 0 Å². The van der Waals surface area contributed by atoms with E-state index in [2.05, 4.69) is 4.98 Å². The highest BCUT2D eigenvalue weighted by atomic mass is 35.5. The first-order valence-corrected chi connectivity index (χ1v) is 6.21. The van der Waals surface area contributed by atoms with E-state index in [1.165, 1.54) is 6.92 Å². The van der Waals surface area contributed by atoms with Crippen molar-refractivity contribution < 1.29 is 4.79 Å². The van der Waals surface area contributed by atoms with Crippen molar-refractivity contribution in [3.63, 3.8) is 0 Å². The van der Waals surface area contributed by atoms with Gasteiger partial charge < -0.3 is 0 Å². The molecule has 92 valence electrons. The van der Waals surface area contributed by atoms with Crippen LogP contribution in [-0.2, 0) is 6.42 Å². The molecular weight excluding hydrogens is 269 g/mol. The van der Waals surface area contributed by atoms with Gasteiger partial charge in [-0.25, -0.2) is 0 Å². The van der Waals surface area contributed by atoms with Crippen molar-refractivity contribution in [2.24, 2.45) is 0 Å². The van der Waals surface area contributed by atoms with Crippen LogP contribution >= 0.6 is 23.2 Å². The van der Waals surface area contributed by atoms with Gasteiger partial charge in [0.2, 0.25) is 0 Å². The lowest BCUT2D eigenvalue weighted by atomic mass is 10.0. The molecule has 0 saturated carbocycles. The first kappa shape index (κ1) is 13.1. The number of aromatic nitrogens is 1. The van der Waals surface area contributed by atoms with Crippen LogP contribution in [0.15, 0.2) is 36.5 Å². The van der Waals surface area contributed by atoms with Gasteiger partial charge in [0.25, 0.3) is 0 Å². The molecule has 18 heavy (non-hydrogen) atoms. The first-order valence-electron chi connectivity index (χ1n) is 5.45. The monoisotopic (exact) mass is 279 g/mol. The molecule has 0 atom stereocenters. The molecule has 4 heteroatoms. The van der Waals surface area contributed by atoms with Crippen LogP contribution < -0.4 is 0 Å². The predicted octanol–water partition coefficient (Wildman–Crippen LogP) is 4.18. The van der Waals surface area contributed by atoms with E-state index in [0.29, 0.717) is 22.0 Å². The number of rotatable bonds is 3. The number of carbonyl (C=O) groups excluding carboxylic acids is 1. The number of halogens is 2. The number of benzene rings is 1. The van der Waals surface area contributed by atoms with Crippen molar-refractivity contribution in [3.8, 4) is 0 Å². The lowest BCUT2D eigenvalue weighted by Crippen LogP contribution is -1.97. The molecule has 0 saturated heterocycles. The fourth-order valence-corrected chi connectivity index (χ4v) is 2.05. The van der Waals surface area contributed by atoms with E-state index in [4.69, 9.17) is 23.2 Å². The molecule has 1 aromatic heterocycles. The molecule has 2 rings (SSSR count). The normalized spacial score (nSPS) is 10.4. The van der Waals surface area contributed by atoms with E-state index in [-0.39, 0.29) is 5.78 Å². The predicted molar refractivity (Wildman–Crippen MR) is 73.5 cm³/mol. The molecule has 1 heterocycles. The number of nitrogens with zero attached hydrogens (tertiary/aromatic N) is 1. The molecule has 0 aliphatic rings. The van der Waals surface area contributed by atoms with Crippen LogP contribution in [0, 0.1) is 0 Å². The molecule has 0 fully saturated rings. The summed E-state index contributed by atoms with van der Waals surface area (Å²) in [6.45, 7) is 1.52. The molecule has 0 amide bonds. The first-order chi connectivity index (χ1) is 8.54. The zero-order valence-electron chi connectivity index (χ0n) is 9.78. The van der Waals surface area contributed by atoms with Crippen molar-refractivity contribution in [2.75, 3.05) is 0 Å². The van der Waals surface area contributed by atoms with Crippen molar-refractivity contribution in [2.45, 2.75) is 13.3 Å². The third-order valence-electron chi connectivity index (χ3n) is 2.54. The van der Waals surface area contributed by atoms with Crippen molar-refractivity contribution in [1.29, 1.82) is 0 Å². The maximum absolute atomic E-state index is 11.4. The van der Waals surface area contributed by atoms with E-state index >= 15 is 0 Å². The van der Waals surface area contributed by atoms with Gasteiger partial charge in [0.1, 0.15) is 0 Å². The molecule has 0 aliphatic heterocycles. The Hall–Kier alpha value is -1.38. The Morgan fingerprint density at radius 2 is 1.94 bits per heavy atom. The molecule has 0 aliphatic carbocycles. The minimum absolute atomic E-state index is 0.00261. The molecule has 2 nitrogen and oxygen atoms in total. The fraction of sp³-hybridized carbons (Fsp3) is 0.143. The average molecular weight is 280 g/mol. The van der Waals surface area contributed by atoms with Crippen LogP contribution in [0.3, 0.4) is 0 Å². The Bertz CT molecular complexity index is 579. The highest BCUT2D eigenvalue weighted by Gasteiger charge is 2.05. The van der Waals surface area contributed by atoms with Gasteiger partial charge in [0, 0.05) is 28.9 Å². The van der Waals surface area contributed by atoms with Crippen LogP contribution in [-0.4, -0.2) is 10.8 Å². The Morgan fingerprint density at radius 1 is 1.17 bits per heavy atom. The Labute approximate surface area is 116 Å². The maximum atomic E-state index is 11.4. The zero-order chi connectivity index (χ0) is 13.1. The SMILES string of the molecule is CC(=O)c1cc(Cl)cc(Cc2ccc(Cl)cn2)c1. The summed E-state index contributed by atoms with van der Waals surface area (Å²) in [6.07, 6.45) is 2.23. The smallest absolute Gasteiger partial charge is 0.159 e. The second kappa shape index (κ2) is 5.51. The number of hydrogen-bond donors (Lipinski definition) is 0. The van der Waals surface area contributed by atoms with Gasteiger partial charge in [-0.1, -0.05) is 23.2 Å². The van der Waals surface area contributed by atoms with E-state index in [0.717, 1.165) is 11.3 Å². The Morgan fingerprint density at radius 3 is 2.56 bits per heavy atom. The summed E-state index contributed by atoms with van der Waals surface area (Å²) in [7, 11) is 0. The molecule has 0 bridgehead atoms. The van der Waals surface area contributed by atoms with E-state index < -0.39 is 0 Å². The molecule has 0 N–H and O–H groups in total. The van der Waals surface area contributed by atoms with Gasteiger partial charge >= 0.3 is 0 Å². The number of Topliss-reactive ketones (excluding diaryl/α,β-unsaturated/α-hetero) is 1. The van der Waals surface area contributed by atoms with E-state index in [1.54, 1.807) is 18.3 Å². The molecule has 1 aromatic carbocycles. The Kier molecular flexibility index (Phi) is 4.00. The van der Waals surface area contributed by atoms with Crippen LogP contribution in [0.4, 0.5) is 0 Å². The summed E-state index contributed by atoms with van der Waals surface area (Å²) in [6, 6.07) is 8.99. The molecule has 2 aromatic rings. The molecular formula is C14H11Cl2NO. The van der Waals surface area contributed by atoms with Gasteiger partial charge in [-0.2, -0.15) is 0 Å². The lowest BCUT2D eigenvalue weighted by Gasteiger charge is -2.05. The maximum Gasteiger partial charge on any atom is 0.159 e. The summed E-state index contributed by atoms with van der Waals surface area (Å²) >= 11 is 11.8. The number of pyridine rings is 1. The standard InChI is InChI=1S/C14H11Cl2NO/c1-9(18)11-4-10(5-13(16)7-11)6-14-3-2-12(15)8-17-14/h2-5,7-8H,6H2,1H3. The highest BCUT2D eigenvalue weighted by molar-refractivity contribution is 6.31. The van der Waals surface area contributed by atoms with Crippen molar-refractivity contribution >= 4 is 29.0 Å².